The molecule has 0 radical (unpaired) electrons. The van der Waals surface area contributed by atoms with Crippen LogP contribution in [0, 0.1) is 11.6 Å². The van der Waals surface area contributed by atoms with Crippen molar-refractivity contribution in [1.29, 1.82) is 0 Å². The molecule has 1 atom stereocenters. The molecule has 0 amide bonds. The van der Waals surface area contributed by atoms with Crippen molar-refractivity contribution in [2.24, 2.45) is 0 Å². The molecule has 1 N–H and O–H groups in total. The van der Waals surface area contributed by atoms with Crippen LogP contribution < -0.4 is 4.74 Å². The molecule has 2 aromatic carbocycles. The lowest BCUT2D eigenvalue weighted by Crippen LogP contribution is -2.07. The molecular weight excluding hydrogens is 330 g/mol. The number of hydrogen-bond donors (Lipinski definition) is 1. The van der Waals surface area contributed by atoms with Crippen LogP contribution in [0.3, 0.4) is 0 Å². The summed E-state index contributed by atoms with van der Waals surface area (Å²) < 4.78 is 32.6. The van der Waals surface area contributed by atoms with Crippen LogP contribution in [-0.2, 0) is 6.42 Å². The van der Waals surface area contributed by atoms with Gasteiger partial charge >= 0.3 is 0 Å². The van der Waals surface area contributed by atoms with Gasteiger partial charge in [-0.2, -0.15) is 0 Å². The van der Waals surface area contributed by atoms with Gasteiger partial charge in [0, 0.05) is 6.42 Å². The Kier molecular flexibility index (Phi) is 4.73. The lowest BCUT2D eigenvalue weighted by Gasteiger charge is -2.16. The third-order valence-electron chi connectivity index (χ3n) is 3.01. The number of rotatable bonds is 4. The Bertz CT molecular complexity index is 617. The van der Waals surface area contributed by atoms with Gasteiger partial charge in [0.15, 0.2) is 0 Å². The van der Waals surface area contributed by atoms with Crippen molar-refractivity contribution in [1.82, 2.24) is 0 Å². The summed E-state index contributed by atoms with van der Waals surface area (Å²) in [5, 5.41) is 10.2. The summed E-state index contributed by atoms with van der Waals surface area (Å²) >= 11 is 3.12. The van der Waals surface area contributed by atoms with Crippen molar-refractivity contribution in [3.05, 3.63) is 63.6 Å². The first-order valence-corrected chi connectivity index (χ1v) is 6.77. The summed E-state index contributed by atoms with van der Waals surface area (Å²) in [6, 6.07) is 8.85. The van der Waals surface area contributed by atoms with E-state index >= 15 is 0 Å². The van der Waals surface area contributed by atoms with Gasteiger partial charge in [0.2, 0.25) is 0 Å². The molecule has 0 saturated carbocycles. The molecule has 0 saturated heterocycles. The first-order valence-electron chi connectivity index (χ1n) is 5.98. The molecule has 2 nitrogen and oxygen atoms in total. The molecular formula is C15H13BrF2O2. The van der Waals surface area contributed by atoms with Crippen molar-refractivity contribution in [3.8, 4) is 5.75 Å². The highest BCUT2D eigenvalue weighted by Gasteiger charge is 2.20. The van der Waals surface area contributed by atoms with Gasteiger partial charge < -0.3 is 9.84 Å². The van der Waals surface area contributed by atoms with Gasteiger partial charge in [-0.15, -0.1) is 0 Å². The largest absolute Gasteiger partial charge is 0.496 e. The highest BCUT2D eigenvalue weighted by molar-refractivity contribution is 9.10. The Hall–Kier alpha value is -1.46. The Morgan fingerprint density at radius 3 is 2.50 bits per heavy atom. The molecule has 5 heteroatoms. The summed E-state index contributed by atoms with van der Waals surface area (Å²) in [6.07, 6.45) is -1.04. The fourth-order valence-electron chi connectivity index (χ4n) is 2.04. The molecule has 0 fully saturated rings. The van der Waals surface area contributed by atoms with Crippen molar-refractivity contribution in [3.63, 3.8) is 0 Å². The van der Waals surface area contributed by atoms with Crippen molar-refractivity contribution in [2.45, 2.75) is 12.5 Å². The first kappa shape index (κ1) is 14.9. The van der Waals surface area contributed by atoms with Crippen LogP contribution in [0.2, 0.25) is 0 Å². The SMILES string of the molecule is COc1cccc(F)c1C(O)Cc1cccc(F)c1Br. The first-order chi connectivity index (χ1) is 9.54. The quantitative estimate of drug-likeness (QED) is 0.909. The van der Waals surface area contributed by atoms with Gasteiger partial charge in [-0.1, -0.05) is 18.2 Å². The van der Waals surface area contributed by atoms with Gasteiger partial charge in [0.25, 0.3) is 0 Å². The van der Waals surface area contributed by atoms with E-state index < -0.39 is 17.7 Å². The minimum Gasteiger partial charge on any atom is -0.496 e. The lowest BCUT2D eigenvalue weighted by molar-refractivity contribution is 0.168. The fourth-order valence-corrected chi connectivity index (χ4v) is 2.46. The number of aliphatic hydroxyl groups is 1. The van der Waals surface area contributed by atoms with Crippen LogP contribution >= 0.6 is 15.9 Å². The van der Waals surface area contributed by atoms with Gasteiger partial charge in [0.1, 0.15) is 17.4 Å². The Balaban J connectivity index is 2.33. The fraction of sp³-hybridized carbons (Fsp3) is 0.200. The van der Waals surface area contributed by atoms with E-state index in [0.717, 1.165) is 0 Å². The van der Waals surface area contributed by atoms with Crippen LogP contribution in [0.5, 0.6) is 5.75 Å². The van der Waals surface area contributed by atoms with E-state index in [1.54, 1.807) is 18.2 Å². The molecule has 0 aromatic heterocycles. The average Bonchev–Trinajstić information content (AvgIpc) is 2.43. The normalized spacial score (nSPS) is 12.2. The second-order valence-corrected chi connectivity index (χ2v) is 5.08. The standard InChI is InChI=1S/C15H13BrF2O2/c1-20-13-7-3-5-10(17)14(13)12(19)8-9-4-2-6-11(18)15(9)16/h2-7,12,19H,8H2,1H3. The molecule has 0 aliphatic rings. The smallest absolute Gasteiger partial charge is 0.137 e. The molecule has 1 unspecified atom stereocenters. The van der Waals surface area contributed by atoms with Crippen LogP contribution in [0.25, 0.3) is 0 Å². The predicted molar refractivity (Wildman–Crippen MR) is 75.7 cm³/mol. The minimum absolute atomic E-state index is 0.0751. The van der Waals surface area contributed by atoms with Crippen LogP contribution in [-0.4, -0.2) is 12.2 Å². The zero-order chi connectivity index (χ0) is 14.7. The van der Waals surface area contributed by atoms with Crippen molar-refractivity contribution < 1.29 is 18.6 Å². The maximum absolute atomic E-state index is 13.8. The van der Waals surface area contributed by atoms with Gasteiger partial charge in [-0.25, -0.2) is 8.78 Å². The zero-order valence-corrected chi connectivity index (χ0v) is 12.3. The molecule has 0 spiro atoms. The molecule has 106 valence electrons. The maximum Gasteiger partial charge on any atom is 0.137 e. The number of ether oxygens (including phenoxy) is 1. The molecule has 0 heterocycles. The van der Waals surface area contributed by atoms with Crippen LogP contribution in [0.1, 0.15) is 17.2 Å². The zero-order valence-electron chi connectivity index (χ0n) is 10.7. The second-order valence-electron chi connectivity index (χ2n) is 4.29. The maximum atomic E-state index is 13.8. The van der Waals surface area contributed by atoms with E-state index in [9.17, 15) is 13.9 Å². The summed E-state index contributed by atoms with van der Waals surface area (Å²) in [5.74, 6) is -0.704. The number of hydrogen-bond acceptors (Lipinski definition) is 2. The number of methoxy groups -OCH3 is 1. The summed E-state index contributed by atoms with van der Waals surface area (Å²) in [7, 11) is 1.41. The van der Waals surface area contributed by atoms with E-state index in [2.05, 4.69) is 15.9 Å². The van der Waals surface area contributed by atoms with Gasteiger partial charge in [0.05, 0.1) is 23.2 Å². The van der Waals surface area contributed by atoms with Crippen LogP contribution in [0.4, 0.5) is 8.78 Å². The van der Waals surface area contributed by atoms with E-state index in [1.807, 2.05) is 0 Å². The van der Waals surface area contributed by atoms with Gasteiger partial charge in [-0.3, -0.25) is 0 Å². The molecule has 0 aliphatic carbocycles. The predicted octanol–water partition coefficient (Wildman–Crippen LogP) is 4.01. The third-order valence-corrected chi connectivity index (χ3v) is 3.90. The molecule has 20 heavy (non-hydrogen) atoms. The van der Waals surface area contributed by atoms with E-state index in [-0.39, 0.29) is 22.2 Å². The monoisotopic (exact) mass is 342 g/mol. The highest BCUT2D eigenvalue weighted by atomic mass is 79.9. The molecule has 0 bridgehead atoms. The number of benzene rings is 2. The molecule has 2 rings (SSSR count). The average molecular weight is 343 g/mol. The van der Waals surface area contributed by atoms with Crippen molar-refractivity contribution >= 4 is 15.9 Å². The summed E-state index contributed by atoms with van der Waals surface area (Å²) in [5.41, 5.74) is 0.633. The third kappa shape index (κ3) is 2.99. The Morgan fingerprint density at radius 2 is 1.80 bits per heavy atom. The van der Waals surface area contributed by atoms with E-state index in [1.165, 1.54) is 25.3 Å². The second kappa shape index (κ2) is 6.33. The summed E-state index contributed by atoms with van der Waals surface area (Å²) in [4.78, 5) is 0. The summed E-state index contributed by atoms with van der Waals surface area (Å²) in [6.45, 7) is 0. The van der Waals surface area contributed by atoms with Crippen LogP contribution in [0.15, 0.2) is 40.9 Å². The molecule has 2 aromatic rings. The lowest BCUT2D eigenvalue weighted by atomic mass is 10.00. The molecule has 0 aliphatic heterocycles. The van der Waals surface area contributed by atoms with Gasteiger partial charge in [-0.05, 0) is 39.7 Å². The highest BCUT2D eigenvalue weighted by Crippen LogP contribution is 2.32. The minimum atomic E-state index is -1.12. The number of halogens is 3. The Labute approximate surface area is 124 Å². The number of aliphatic hydroxyl groups excluding tert-OH is 1. The van der Waals surface area contributed by atoms with Crippen molar-refractivity contribution in [2.75, 3.05) is 7.11 Å². The van der Waals surface area contributed by atoms with E-state index in [4.69, 9.17) is 4.74 Å². The Morgan fingerprint density at radius 1 is 1.15 bits per heavy atom. The topological polar surface area (TPSA) is 29.5 Å². The van der Waals surface area contributed by atoms with E-state index in [0.29, 0.717) is 5.56 Å².